The standard InChI is InChI=1S/C22H28N4O4S/c1-3-15-18(13-26-7-9-30-10-8-26)19(4-2)24-21(15)12-17-16-11-14(31(23,28)29)5-6-20(16)25-22(17)27/h5-6,11-12,24H,3-4,7-10,13H2,1-2H3,(H,25,27)(H2,23,28,29)/b17-12-. The fourth-order valence-corrected chi connectivity index (χ4v) is 4.83. The molecule has 2 aliphatic rings. The van der Waals surface area contributed by atoms with Crippen LogP contribution in [0, 0.1) is 0 Å². The maximum absolute atomic E-state index is 12.7. The molecule has 0 atom stereocenters. The zero-order valence-electron chi connectivity index (χ0n) is 17.8. The number of aromatic amines is 1. The number of benzene rings is 1. The third-order valence-electron chi connectivity index (χ3n) is 5.92. The van der Waals surface area contributed by atoms with Crippen LogP contribution in [-0.4, -0.2) is 50.5 Å². The summed E-state index contributed by atoms with van der Waals surface area (Å²) in [6.07, 6.45) is 3.50. The van der Waals surface area contributed by atoms with Crippen LogP contribution in [0.15, 0.2) is 23.1 Å². The van der Waals surface area contributed by atoms with E-state index in [1.54, 1.807) is 6.07 Å². The second-order valence-electron chi connectivity index (χ2n) is 7.83. The Morgan fingerprint density at radius 2 is 1.90 bits per heavy atom. The van der Waals surface area contributed by atoms with Gasteiger partial charge in [0.25, 0.3) is 5.91 Å². The van der Waals surface area contributed by atoms with Crippen LogP contribution in [-0.2, 0) is 38.9 Å². The highest BCUT2D eigenvalue weighted by molar-refractivity contribution is 7.89. The predicted molar refractivity (Wildman–Crippen MR) is 120 cm³/mol. The summed E-state index contributed by atoms with van der Waals surface area (Å²) < 4.78 is 29.0. The number of fused-ring (bicyclic) bond motifs is 1. The quantitative estimate of drug-likeness (QED) is 0.590. The first-order chi connectivity index (χ1) is 14.8. The molecule has 1 aromatic heterocycles. The highest BCUT2D eigenvalue weighted by Crippen LogP contribution is 2.36. The number of aryl methyl sites for hydroxylation is 1. The van der Waals surface area contributed by atoms with E-state index in [1.165, 1.54) is 23.3 Å². The number of primary sulfonamides is 1. The second-order valence-corrected chi connectivity index (χ2v) is 9.40. The molecule has 0 unspecified atom stereocenters. The fourth-order valence-electron chi connectivity index (χ4n) is 4.29. The molecule has 3 heterocycles. The molecular formula is C22H28N4O4S. The molecule has 4 rings (SSSR count). The molecule has 4 N–H and O–H groups in total. The lowest BCUT2D eigenvalue weighted by atomic mass is 10.0. The van der Waals surface area contributed by atoms with Gasteiger partial charge in [0.2, 0.25) is 10.0 Å². The Kier molecular flexibility index (Phi) is 6.02. The van der Waals surface area contributed by atoms with E-state index in [-0.39, 0.29) is 10.8 Å². The van der Waals surface area contributed by atoms with Crippen molar-refractivity contribution >= 4 is 33.3 Å². The topological polar surface area (TPSA) is 118 Å². The Balaban J connectivity index is 1.76. The summed E-state index contributed by atoms with van der Waals surface area (Å²) in [5.41, 5.74) is 6.06. The number of morpholine rings is 1. The van der Waals surface area contributed by atoms with Gasteiger partial charge in [0.15, 0.2) is 0 Å². The molecular weight excluding hydrogens is 416 g/mol. The van der Waals surface area contributed by atoms with Crippen LogP contribution in [0.5, 0.6) is 0 Å². The molecule has 2 aliphatic heterocycles. The third-order valence-corrected chi connectivity index (χ3v) is 6.83. The molecule has 31 heavy (non-hydrogen) atoms. The number of hydrogen-bond donors (Lipinski definition) is 3. The van der Waals surface area contributed by atoms with E-state index in [4.69, 9.17) is 9.88 Å². The van der Waals surface area contributed by atoms with Gasteiger partial charge in [0, 0.05) is 42.3 Å². The number of carbonyl (C=O) groups is 1. The van der Waals surface area contributed by atoms with E-state index in [9.17, 15) is 13.2 Å². The summed E-state index contributed by atoms with van der Waals surface area (Å²) in [4.78, 5) is 18.6. The average molecular weight is 445 g/mol. The summed E-state index contributed by atoms with van der Waals surface area (Å²) in [6.45, 7) is 8.35. The molecule has 2 aromatic rings. The summed E-state index contributed by atoms with van der Waals surface area (Å²) in [5, 5.41) is 8.09. The Morgan fingerprint density at radius 1 is 1.16 bits per heavy atom. The van der Waals surface area contributed by atoms with E-state index < -0.39 is 10.0 Å². The number of aromatic nitrogens is 1. The van der Waals surface area contributed by atoms with Crippen LogP contribution in [0.2, 0.25) is 0 Å². The summed E-state index contributed by atoms with van der Waals surface area (Å²) in [7, 11) is -3.86. The van der Waals surface area contributed by atoms with Crippen molar-refractivity contribution < 1.29 is 17.9 Å². The third kappa shape index (κ3) is 4.31. The number of H-pyrrole nitrogens is 1. The largest absolute Gasteiger partial charge is 0.379 e. The first kappa shape index (κ1) is 21.8. The molecule has 1 fully saturated rings. The molecule has 1 amide bonds. The zero-order valence-corrected chi connectivity index (χ0v) is 18.6. The van der Waals surface area contributed by atoms with Crippen LogP contribution < -0.4 is 10.5 Å². The number of nitrogens with one attached hydrogen (secondary N) is 2. The van der Waals surface area contributed by atoms with Gasteiger partial charge in [-0.3, -0.25) is 9.69 Å². The molecule has 9 heteroatoms. The van der Waals surface area contributed by atoms with Gasteiger partial charge >= 0.3 is 0 Å². The van der Waals surface area contributed by atoms with Gasteiger partial charge < -0.3 is 15.0 Å². The number of anilines is 1. The van der Waals surface area contributed by atoms with E-state index in [2.05, 4.69) is 29.0 Å². The minimum atomic E-state index is -3.86. The molecule has 0 bridgehead atoms. The van der Waals surface area contributed by atoms with Crippen LogP contribution in [0.4, 0.5) is 5.69 Å². The van der Waals surface area contributed by atoms with Crippen LogP contribution in [0.1, 0.15) is 41.9 Å². The molecule has 1 saturated heterocycles. The van der Waals surface area contributed by atoms with E-state index >= 15 is 0 Å². The molecule has 1 aromatic carbocycles. The van der Waals surface area contributed by atoms with Crippen molar-refractivity contribution in [1.29, 1.82) is 0 Å². The van der Waals surface area contributed by atoms with Crippen LogP contribution in [0.25, 0.3) is 11.6 Å². The van der Waals surface area contributed by atoms with Crippen molar-refractivity contribution in [1.82, 2.24) is 9.88 Å². The molecule has 0 aliphatic carbocycles. The molecule has 166 valence electrons. The second kappa shape index (κ2) is 8.58. The van der Waals surface area contributed by atoms with E-state index in [0.717, 1.165) is 57.1 Å². The summed E-state index contributed by atoms with van der Waals surface area (Å²) in [6, 6.07) is 4.43. The predicted octanol–water partition coefficient (Wildman–Crippen LogP) is 2.11. The number of hydrogen-bond acceptors (Lipinski definition) is 5. The SMILES string of the molecule is CCc1[nH]c(/C=C2\C(=O)Nc3ccc(S(N)(=O)=O)cc32)c(CC)c1CN1CCOCC1. The minimum Gasteiger partial charge on any atom is -0.379 e. The highest BCUT2D eigenvalue weighted by atomic mass is 32.2. The van der Waals surface area contributed by atoms with Gasteiger partial charge in [0.05, 0.1) is 23.7 Å². The molecule has 0 radical (unpaired) electrons. The van der Waals surface area contributed by atoms with Gasteiger partial charge in [-0.05, 0) is 48.2 Å². The lowest BCUT2D eigenvalue weighted by molar-refractivity contribution is -0.110. The Labute approximate surface area is 182 Å². The van der Waals surface area contributed by atoms with Crippen molar-refractivity contribution in [3.63, 3.8) is 0 Å². The van der Waals surface area contributed by atoms with Gasteiger partial charge in [-0.2, -0.15) is 0 Å². The van der Waals surface area contributed by atoms with E-state index in [0.29, 0.717) is 16.8 Å². The summed E-state index contributed by atoms with van der Waals surface area (Å²) in [5.74, 6) is -0.258. The highest BCUT2D eigenvalue weighted by Gasteiger charge is 2.27. The smallest absolute Gasteiger partial charge is 0.256 e. The zero-order chi connectivity index (χ0) is 22.2. The van der Waals surface area contributed by atoms with E-state index in [1.807, 2.05) is 6.08 Å². The van der Waals surface area contributed by atoms with Gasteiger partial charge in [-0.1, -0.05) is 13.8 Å². The Hall–Kier alpha value is -2.46. The molecule has 0 spiro atoms. The first-order valence-corrected chi connectivity index (χ1v) is 12.1. The average Bonchev–Trinajstić information content (AvgIpc) is 3.24. The molecule has 8 nitrogen and oxygen atoms in total. The van der Waals surface area contributed by atoms with Crippen LogP contribution in [0.3, 0.4) is 0 Å². The minimum absolute atomic E-state index is 0.0156. The number of sulfonamides is 1. The number of rotatable bonds is 6. The van der Waals surface area contributed by atoms with Crippen molar-refractivity contribution in [3.8, 4) is 0 Å². The van der Waals surface area contributed by atoms with Gasteiger partial charge in [0.1, 0.15) is 0 Å². The number of nitrogens with two attached hydrogens (primary N) is 1. The number of amides is 1. The van der Waals surface area contributed by atoms with Gasteiger partial charge in [-0.15, -0.1) is 0 Å². The van der Waals surface area contributed by atoms with Crippen molar-refractivity contribution in [2.75, 3.05) is 31.6 Å². The lowest BCUT2D eigenvalue weighted by Gasteiger charge is -2.27. The number of carbonyl (C=O) groups excluding carboxylic acids is 1. The maximum Gasteiger partial charge on any atom is 0.256 e. The van der Waals surface area contributed by atoms with Crippen LogP contribution >= 0.6 is 0 Å². The first-order valence-electron chi connectivity index (χ1n) is 10.5. The summed E-state index contributed by atoms with van der Waals surface area (Å²) >= 11 is 0. The fraction of sp³-hybridized carbons (Fsp3) is 0.409. The maximum atomic E-state index is 12.7. The van der Waals surface area contributed by atoms with Gasteiger partial charge in [-0.25, -0.2) is 13.6 Å². The number of ether oxygens (including phenoxy) is 1. The molecule has 0 saturated carbocycles. The number of nitrogens with zero attached hydrogens (tertiary/aromatic N) is 1. The Morgan fingerprint density at radius 3 is 2.55 bits per heavy atom. The normalized spacial score (nSPS) is 18.4. The van der Waals surface area contributed by atoms with Crippen molar-refractivity contribution in [2.24, 2.45) is 5.14 Å². The Bertz CT molecular complexity index is 1140. The monoisotopic (exact) mass is 444 g/mol. The van der Waals surface area contributed by atoms with Crippen molar-refractivity contribution in [2.45, 2.75) is 38.1 Å². The van der Waals surface area contributed by atoms with Crippen molar-refractivity contribution in [3.05, 3.63) is 46.3 Å². The lowest BCUT2D eigenvalue weighted by Crippen LogP contribution is -2.36.